The van der Waals surface area contributed by atoms with Crippen LogP contribution in [0.4, 0.5) is 0 Å². The number of ether oxygens (including phenoxy) is 2. The molecule has 2 aromatic rings. The predicted octanol–water partition coefficient (Wildman–Crippen LogP) is 2.13. The first-order valence-electron chi connectivity index (χ1n) is 8.14. The molecule has 0 spiro atoms. The Morgan fingerprint density at radius 2 is 2.25 bits per heavy atom. The molecular formula is C17H19N3O3S. The van der Waals surface area contributed by atoms with Crippen molar-refractivity contribution < 1.29 is 14.3 Å². The van der Waals surface area contributed by atoms with Gasteiger partial charge < -0.3 is 14.4 Å². The van der Waals surface area contributed by atoms with E-state index in [-0.39, 0.29) is 24.2 Å². The van der Waals surface area contributed by atoms with Crippen LogP contribution in [0.1, 0.15) is 28.9 Å². The molecule has 6 nitrogen and oxygen atoms in total. The maximum absolute atomic E-state index is 12.7. The van der Waals surface area contributed by atoms with E-state index in [9.17, 15) is 4.79 Å². The summed E-state index contributed by atoms with van der Waals surface area (Å²) in [4.78, 5) is 22.7. The van der Waals surface area contributed by atoms with Crippen LogP contribution in [0, 0.1) is 0 Å². The minimum Gasteiger partial charge on any atom is -0.372 e. The average Bonchev–Trinajstić information content (AvgIpc) is 3.30. The summed E-state index contributed by atoms with van der Waals surface area (Å²) in [5, 5.41) is 1.80. The lowest BCUT2D eigenvalue weighted by atomic mass is 10.1. The normalized spacial score (nSPS) is 26.3. The summed E-state index contributed by atoms with van der Waals surface area (Å²) in [7, 11) is 0. The molecule has 1 aliphatic heterocycles. The molecule has 7 heteroatoms. The van der Waals surface area contributed by atoms with Crippen LogP contribution in [-0.2, 0) is 16.1 Å². The number of carbonyl (C=O) groups excluding carboxylic acids is 1. The van der Waals surface area contributed by atoms with Crippen LogP contribution in [0.15, 0.2) is 35.4 Å². The maximum atomic E-state index is 12.7. The smallest absolute Gasteiger partial charge is 0.273 e. The van der Waals surface area contributed by atoms with Gasteiger partial charge in [-0.05, 0) is 30.5 Å². The Morgan fingerprint density at radius 1 is 1.38 bits per heavy atom. The van der Waals surface area contributed by atoms with Gasteiger partial charge in [0.2, 0.25) is 0 Å². The fourth-order valence-electron chi connectivity index (χ4n) is 3.49. The average molecular weight is 345 g/mol. The Hall–Kier alpha value is -1.83. The molecule has 1 aliphatic carbocycles. The fraction of sp³-hybridized carbons (Fsp3) is 0.471. The monoisotopic (exact) mass is 345 g/mol. The number of aromatic nitrogens is 2. The quantitative estimate of drug-likeness (QED) is 0.849. The number of nitrogens with zero attached hydrogens (tertiary/aromatic N) is 3. The highest BCUT2D eigenvalue weighted by atomic mass is 32.1. The zero-order valence-electron chi connectivity index (χ0n) is 13.2. The Kier molecular flexibility index (Phi) is 4.55. The first kappa shape index (κ1) is 15.7. The van der Waals surface area contributed by atoms with Gasteiger partial charge in [0.05, 0.1) is 30.9 Å². The van der Waals surface area contributed by atoms with E-state index in [0.29, 0.717) is 25.5 Å². The van der Waals surface area contributed by atoms with E-state index in [1.54, 1.807) is 23.3 Å². The van der Waals surface area contributed by atoms with E-state index in [0.717, 1.165) is 18.4 Å². The summed E-state index contributed by atoms with van der Waals surface area (Å²) in [6.45, 7) is 1.71. The zero-order chi connectivity index (χ0) is 16.4. The summed E-state index contributed by atoms with van der Waals surface area (Å²) >= 11 is 1.44. The molecule has 2 aliphatic rings. The highest BCUT2D eigenvalue weighted by Gasteiger charge is 2.45. The molecule has 1 amide bonds. The van der Waals surface area contributed by atoms with Crippen molar-refractivity contribution >= 4 is 17.2 Å². The van der Waals surface area contributed by atoms with Crippen molar-refractivity contribution in [1.82, 2.24) is 14.9 Å². The third kappa shape index (κ3) is 3.07. The van der Waals surface area contributed by atoms with Crippen molar-refractivity contribution in [3.8, 4) is 0 Å². The zero-order valence-corrected chi connectivity index (χ0v) is 14.0. The second-order valence-electron chi connectivity index (χ2n) is 6.06. The number of fused-ring (bicyclic) bond motifs is 1. The number of hydrogen-bond donors (Lipinski definition) is 0. The van der Waals surface area contributed by atoms with Crippen molar-refractivity contribution in [1.29, 1.82) is 0 Å². The van der Waals surface area contributed by atoms with Crippen molar-refractivity contribution in [2.24, 2.45) is 0 Å². The standard InChI is InChI=1S/C17H19N3O3S/c21-17(13-10-24-11-19-13)20-7-8-22-16-14(20)1-2-15(16)23-9-12-3-5-18-6-4-12/h3-6,10-11,14-16H,1-2,7-9H2/t14-,15-,16-/m0/s1. The van der Waals surface area contributed by atoms with Gasteiger partial charge in [0.25, 0.3) is 5.91 Å². The Bertz CT molecular complexity index is 680. The van der Waals surface area contributed by atoms with Crippen molar-refractivity contribution in [3.63, 3.8) is 0 Å². The van der Waals surface area contributed by atoms with Gasteiger partial charge in [-0.1, -0.05) is 0 Å². The van der Waals surface area contributed by atoms with Crippen LogP contribution in [0.2, 0.25) is 0 Å². The van der Waals surface area contributed by atoms with Crippen LogP contribution in [0.5, 0.6) is 0 Å². The Morgan fingerprint density at radius 3 is 3.04 bits per heavy atom. The van der Waals surface area contributed by atoms with E-state index < -0.39 is 0 Å². The van der Waals surface area contributed by atoms with Gasteiger partial charge in [-0.3, -0.25) is 9.78 Å². The Labute approximate surface area is 144 Å². The summed E-state index contributed by atoms with van der Waals surface area (Å²) in [6.07, 6.45) is 5.31. The molecule has 0 aromatic carbocycles. The molecule has 0 N–H and O–H groups in total. The lowest BCUT2D eigenvalue weighted by Gasteiger charge is -2.38. The van der Waals surface area contributed by atoms with Crippen molar-refractivity contribution in [3.05, 3.63) is 46.7 Å². The van der Waals surface area contributed by atoms with Gasteiger partial charge in [-0.2, -0.15) is 0 Å². The van der Waals surface area contributed by atoms with E-state index in [2.05, 4.69) is 9.97 Å². The van der Waals surface area contributed by atoms with Crippen LogP contribution in [0.3, 0.4) is 0 Å². The summed E-state index contributed by atoms with van der Waals surface area (Å²) in [5.74, 6) is 0.00401. The fourth-order valence-corrected chi connectivity index (χ4v) is 4.02. The molecule has 0 unspecified atom stereocenters. The largest absolute Gasteiger partial charge is 0.372 e. The first-order chi connectivity index (χ1) is 11.8. The summed E-state index contributed by atoms with van der Waals surface area (Å²) < 4.78 is 12.0. The maximum Gasteiger partial charge on any atom is 0.273 e. The number of morpholine rings is 1. The molecule has 1 saturated heterocycles. The molecule has 2 fully saturated rings. The van der Waals surface area contributed by atoms with Crippen LogP contribution >= 0.6 is 11.3 Å². The van der Waals surface area contributed by atoms with E-state index in [1.807, 2.05) is 17.0 Å². The molecule has 126 valence electrons. The molecule has 3 heterocycles. The van der Waals surface area contributed by atoms with Crippen LogP contribution < -0.4 is 0 Å². The number of amides is 1. The lowest BCUT2D eigenvalue weighted by Crippen LogP contribution is -2.53. The second-order valence-corrected chi connectivity index (χ2v) is 6.78. The van der Waals surface area contributed by atoms with E-state index >= 15 is 0 Å². The summed E-state index contributed by atoms with van der Waals surface area (Å²) in [6, 6.07) is 3.98. The molecule has 24 heavy (non-hydrogen) atoms. The van der Waals surface area contributed by atoms with Gasteiger partial charge in [-0.25, -0.2) is 4.98 Å². The van der Waals surface area contributed by atoms with E-state index in [4.69, 9.17) is 9.47 Å². The highest BCUT2D eigenvalue weighted by molar-refractivity contribution is 7.07. The first-order valence-corrected chi connectivity index (χ1v) is 9.08. The van der Waals surface area contributed by atoms with Gasteiger partial charge in [0.1, 0.15) is 11.8 Å². The molecule has 0 radical (unpaired) electrons. The number of carbonyl (C=O) groups is 1. The van der Waals surface area contributed by atoms with Crippen molar-refractivity contribution in [2.75, 3.05) is 13.2 Å². The third-order valence-electron chi connectivity index (χ3n) is 4.66. The minimum absolute atomic E-state index is 0.00401. The number of thiazole rings is 1. The number of hydrogen-bond acceptors (Lipinski definition) is 6. The summed E-state index contributed by atoms with van der Waals surface area (Å²) in [5.41, 5.74) is 3.32. The molecule has 2 aromatic heterocycles. The van der Waals surface area contributed by atoms with Crippen LogP contribution in [-0.4, -0.2) is 52.2 Å². The molecule has 1 saturated carbocycles. The molecule has 4 rings (SSSR count). The SMILES string of the molecule is O=C(c1cscn1)N1CCO[C@@H]2[C@@H](OCc3ccncc3)CC[C@@H]21. The Balaban J connectivity index is 1.42. The van der Waals surface area contributed by atoms with Gasteiger partial charge in [0.15, 0.2) is 0 Å². The van der Waals surface area contributed by atoms with Gasteiger partial charge >= 0.3 is 0 Å². The number of pyridine rings is 1. The minimum atomic E-state index is -0.0526. The number of rotatable bonds is 4. The highest BCUT2D eigenvalue weighted by Crippen LogP contribution is 2.33. The van der Waals surface area contributed by atoms with Crippen LogP contribution in [0.25, 0.3) is 0 Å². The third-order valence-corrected chi connectivity index (χ3v) is 5.25. The topological polar surface area (TPSA) is 64.6 Å². The second kappa shape index (κ2) is 6.96. The van der Waals surface area contributed by atoms with Gasteiger partial charge in [0, 0.05) is 24.3 Å². The van der Waals surface area contributed by atoms with Gasteiger partial charge in [-0.15, -0.1) is 11.3 Å². The lowest BCUT2D eigenvalue weighted by molar-refractivity contribution is -0.108. The molecule has 0 bridgehead atoms. The predicted molar refractivity (Wildman–Crippen MR) is 88.7 cm³/mol. The van der Waals surface area contributed by atoms with E-state index in [1.165, 1.54) is 11.3 Å². The molecule has 3 atom stereocenters. The molecular weight excluding hydrogens is 326 g/mol. The van der Waals surface area contributed by atoms with Crippen molar-refractivity contribution in [2.45, 2.75) is 37.7 Å².